The van der Waals surface area contributed by atoms with Crippen molar-refractivity contribution in [3.63, 3.8) is 0 Å². The molecule has 3 aromatic carbocycles. The standard InChI is InChI=1S/C35H36ClN5O6S/c1-19-16-24-30(28(20-6-9-22(36)10-7-20)27(19)29(33(42)43)47-35(2,3)4)48-32(37-24)21-8-11-25-23(17-21)31(38-39(25)5)41-13-12-40(34(41)44)18-26-45-14-15-46-26/h6-11,16-17,26,29H,12-15,18H2,1-5H3,(H,42,43)/t29-/m0/s1. The molecule has 2 aliphatic heterocycles. The molecule has 11 nitrogen and oxygen atoms in total. The summed E-state index contributed by atoms with van der Waals surface area (Å²) in [7, 11) is 1.86. The fourth-order valence-corrected chi connectivity index (χ4v) is 7.63. The number of urea groups is 1. The highest BCUT2D eigenvalue weighted by molar-refractivity contribution is 7.22. The molecular weight excluding hydrogens is 654 g/mol. The van der Waals surface area contributed by atoms with E-state index in [9.17, 15) is 14.7 Å². The molecule has 0 spiro atoms. The van der Waals surface area contributed by atoms with Crippen LogP contribution in [0.3, 0.4) is 0 Å². The number of thiazole rings is 1. The van der Waals surface area contributed by atoms with E-state index in [0.29, 0.717) is 49.3 Å². The van der Waals surface area contributed by atoms with Crippen LogP contribution in [-0.2, 0) is 26.1 Å². The van der Waals surface area contributed by atoms with Gasteiger partial charge in [-0.25, -0.2) is 14.6 Å². The first-order valence-electron chi connectivity index (χ1n) is 15.8. The van der Waals surface area contributed by atoms with Crippen molar-refractivity contribution in [1.82, 2.24) is 19.7 Å². The van der Waals surface area contributed by atoms with E-state index in [0.717, 1.165) is 48.4 Å². The molecule has 48 heavy (non-hydrogen) atoms. The molecule has 2 fully saturated rings. The molecule has 2 aromatic heterocycles. The molecular formula is C35H36ClN5O6S. The number of aliphatic carboxylic acids is 1. The molecule has 5 aromatic rings. The van der Waals surface area contributed by atoms with Gasteiger partial charge < -0.3 is 24.2 Å². The Balaban J connectivity index is 1.33. The molecule has 2 aliphatic rings. The Hall–Kier alpha value is -4.07. The van der Waals surface area contributed by atoms with E-state index in [-0.39, 0.29) is 6.03 Å². The fourth-order valence-electron chi connectivity index (χ4n) is 6.38. The van der Waals surface area contributed by atoms with Gasteiger partial charge in [0.15, 0.2) is 18.2 Å². The van der Waals surface area contributed by atoms with Gasteiger partial charge in [-0.3, -0.25) is 9.58 Å². The van der Waals surface area contributed by atoms with Crippen LogP contribution in [0.4, 0.5) is 10.6 Å². The summed E-state index contributed by atoms with van der Waals surface area (Å²) in [6.07, 6.45) is -1.61. The Kier molecular flexibility index (Phi) is 8.41. The van der Waals surface area contributed by atoms with Crippen LogP contribution < -0.4 is 4.90 Å². The van der Waals surface area contributed by atoms with E-state index in [1.165, 1.54) is 11.3 Å². The van der Waals surface area contributed by atoms with Crippen molar-refractivity contribution in [2.24, 2.45) is 7.05 Å². The summed E-state index contributed by atoms with van der Waals surface area (Å²) in [6.45, 7) is 9.91. The highest BCUT2D eigenvalue weighted by Gasteiger charge is 2.36. The Labute approximate surface area is 286 Å². The number of anilines is 1. The molecule has 0 radical (unpaired) electrons. The van der Waals surface area contributed by atoms with Gasteiger partial charge in [-0.15, -0.1) is 11.3 Å². The zero-order chi connectivity index (χ0) is 33.9. The lowest BCUT2D eigenvalue weighted by Gasteiger charge is -2.28. The van der Waals surface area contributed by atoms with E-state index in [1.54, 1.807) is 26.6 Å². The third kappa shape index (κ3) is 6.03. The number of nitrogens with zero attached hydrogens (tertiary/aromatic N) is 5. The number of fused-ring (bicyclic) bond motifs is 2. The third-order valence-corrected chi connectivity index (χ3v) is 9.90. The van der Waals surface area contributed by atoms with E-state index in [1.807, 2.05) is 71.1 Å². The number of aryl methyl sites for hydroxylation is 2. The van der Waals surface area contributed by atoms with Crippen LogP contribution >= 0.6 is 22.9 Å². The number of carboxylic acids is 1. The Morgan fingerprint density at radius 3 is 2.50 bits per heavy atom. The van der Waals surface area contributed by atoms with Crippen LogP contribution in [0.25, 0.3) is 42.8 Å². The number of amides is 2. The van der Waals surface area contributed by atoms with E-state index in [4.69, 9.17) is 35.9 Å². The number of ether oxygens (including phenoxy) is 3. The van der Waals surface area contributed by atoms with Gasteiger partial charge in [0.1, 0.15) is 5.01 Å². The predicted molar refractivity (Wildman–Crippen MR) is 186 cm³/mol. The molecule has 0 bridgehead atoms. The summed E-state index contributed by atoms with van der Waals surface area (Å²) in [6, 6.07) is 15.2. The minimum absolute atomic E-state index is 0.138. The van der Waals surface area contributed by atoms with Crippen LogP contribution in [0.1, 0.15) is 38.0 Å². The summed E-state index contributed by atoms with van der Waals surface area (Å²) in [5.74, 6) is -0.486. The second kappa shape index (κ2) is 12.4. The monoisotopic (exact) mass is 689 g/mol. The van der Waals surface area contributed by atoms with Gasteiger partial charge in [0.2, 0.25) is 0 Å². The second-order valence-corrected chi connectivity index (χ2v) is 14.5. The van der Waals surface area contributed by atoms with Crippen molar-refractivity contribution in [2.45, 2.75) is 45.7 Å². The predicted octanol–water partition coefficient (Wildman–Crippen LogP) is 7.03. The first kappa shape index (κ1) is 32.5. The zero-order valence-electron chi connectivity index (χ0n) is 27.3. The first-order valence-corrected chi connectivity index (χ1v) is 16.9. The van der Waals surface area contributed by atoms with Crippen molar-refractivity contribution >= 4 is 61.9 Å². The van der Waals surface area contributed by atoms with E-state index < -0.39 is 24.0 Å². The topological polar surface area (TPSA) is 119 Å². The van der Waals surface area contributed by atoms with Crippen LogP contribution in [-0.4, -0.2) is 81.5 Å². The van der Waals surface area contributed by atoms with Crippen molar-refractivity contribution in [3.05, 3.63) is 64.7 Å². The Bertz CT molecular complexity index is 2050. The number of aromatic nitrogens is 3. The van der Waals surface area contributed by atoms with Gasteiger partial charge in [-0.2, -0.15) is 5.10 Å². The number of hydrogen-bond donors (Lipinski definition) is 1. The van der Waals surface area contributed by atoms with E-state index in [2.05, 4.69) is 0 Å². The largest absolute Gasteiger partial charge is 0.479 e. The van der Waals surface area contributed by atoms with Gasteiger partial charge in [0.05, 0.1) is 41.1 Å². The minimum atomic E-state index is -1.20. The lowest BCUT2D eigenvalue weighted by atomic mass is 9.91. The third-order valence-electron chi connectivity index (χ3n) is 8.51. The van der Waals surface area contributed by atoms with Gasteiger partial charge in [-0.1, -0.05) is 23.7 Å². The van der Waals surface area contributed by atoms with Crippen LogP contribution in [0, 0.1) is 6.92 Å². The number of rotatable bonds is 8. The van der Waals surface area contributed by atoms with Crippen LogP contribution in [0.2, 0.25) is 5.02 Å². The molecule has 0 saturated carbocycles. The number of carbonyl (C=O) groups is 2. The molecule has 0 aliphatic carbocycles. The second-order valence-electron chi connectivity index (χ2n) is 13.0. The van der Waals surface area contributed by atoms with Crippen molar-refractivity contribution in [3.8, 4) is 21.7 Å². The summed E-state index contributed by atoms with van der Waals surface area (Å²) < 4.78 is 19.9. The molecule has 2 amide bonds. The fraction of sp³-hybridized carbons (Fsp3) is 0.371. The molecule has 250 valence electrons. The van der Waals surface area contributed by atoms with Crippen LogP contribution in [0.5, 0.6) is 0 Å². The maximum atomic E-state index is 13.5. The molecule has 1 atom stereocenters. The minimum Gasteiger partial charge on any atom is -0.479 e. The molecule has 4 heterocycles. The van der Waals surface area contributed by atoms with E-state index >= 15 is 0 Å². The average Bonchev–Trinajstić information content (AvgIpc) is 3.83. The zero-order valence-corrected chi connectivity index (χ0v) is 28.9. The van der Waals surface area contributed by atoms with Crippen molar-refractivity contribution < 1.29 is 28.9 Å². The highest BCUT2D eigenvalue weighted by Crippen LogP contribution is 2.45. The smallest absolute Gasteiger partial charge is 0.337 e. The molecule has 2 saturated heterocycles. The Morgan fingerprint density at radius 1 is 1.10 bits per heavy atom. The SMILES string of the molecule is Cc1cc2nc(-c3ccc4c(c3)c(N3CCN(CC5OCCO5)C3=O)nn4C)sc2c(-c2ccc(Cl)cc2)c1[C@H](OC(C)(C)C)C(=O)O. The summed E-state index contributed by atoms with van der Waals surface area (Å²) in [4.78, 5) is 34.7. The van der Waals surface area contributed by atoms with Gasteiger partial charge in [0.25, 0.3) is 0 Å². The first-order chi connectivity index (χ1) is 22.9. The quantitative estimate of drug-likeness (QED) is 0.184. The lowest BCUT2D eigenvalue weighted by Crippen LogP contribution is -2.37. The van der Waals surface area contributed by atoms with Gasteiger partial charge in [-0.05, 0) is 75.2 Å². The summed E-state index contributed by atoms with van der Waals surface area (Å²) in [5, 5.41) is 17.3. The molecule has 13 heteroatoms. The van der Waals surface area contributed by atoms with Crippen molar-refractivity contribution in [1.29, 1.82) is 0 Å². The number of halogens is 1. The molecule has 7 rings (SSSR count). The van der Waals surface area contributed by atoms with Gasteiger partial charge >= 0.3 is 12.0 Å². The number of carboxylic acid groups (broad SMARTS) is 1. The lowest BCUT2D eigenvalue weighted by molar-refractivity contribution is -0.160. The maximum Gasteiger partial charge on any atom is 0.337 e. The number of benzene rings is 3. The normalized spacial score (nSPS) is 16.6. The van der Waals surface area contributed by atoms with Crippen molar-refractivity contribution in [2.75, 3.05) is 37.7 Å². The average molecular weight is 690 g/mol. The molecule has 0 unspecified atom stereocenters. The van der Waals surface area contributed by atoms with Crippen LogP contribution in [0.15, 0.2) is 48.5 Å². The van der Waals surface area contributed by atoms with Gasteiger partial charge in [0, 0.05) is 47.2 Å². The molecule has 1 N–H and O–H groups in total. The number of carbonyl (C=O) groups excluding carboxylic acids is 1. The highest BCUT2D eigenvalue weighted by atomic mass is 35.5. The maximum absolute atomic E-state index is 13.5. The summed E-state index contributed by atoms with van der Waals surface area (Å²) >= 11 is 7.74. The summed E-state index contributed by atoms with van der Waals surface area (Å²) in [5.41, 5.74) is 4.69. The number of hydrogen-bond acceptors (Lipinski definition) is 8. The Morgan fingerprint density at radius 2 is 1.81 bits per heavy atom.